The van der Waals surface area contributed by atoms with Crippen LogP contribution in [-0.2, 0) is 4.74 Å². The standard InChI is InChI=1S/C11H21NO/c1-4-7-8-9-11(12-5-2)10-13-6-3/h11-12H,5-6,8-10H2,1-3H3. The molecule has 0 aliphatic carbocycles. The molecule has 0 aromatic rings. The Kier molecular flexibility index (Phi) is 9.18. The van der Waals surface area contributed by atoms with Crippen LogP contribution in [0.2, 0.25) is 0 Å². The van der Waals surface area contributed by atoms with E-state index in [2.05, 4.69) is 24.1 Å². The van der Waals surface area contributed by atoms with Crippen molar-refractivity contribution in [3.63, 3.8) is 0 Å². The molecule has 0 spiro atoms. The zero-order chi connectivity index (χ0) is 9.94. The highest BCUT2D eigenvalue weighted by molar-refractivity contribution is 4.95. The molecular formula is C11H21NO. The Bertz CT molecular complexity index is 157. The van der Waals surface area contributed by atoms with Crippen molar-refractivity contribution in [2.24, 2.45) is 0 Å². The van der Waals surface area contributed by atoms with Crippen molar-refractivity contribution in [2.75, 3.05) is 19.8 Å². The van der Waals surface area contributed by atoms with Crippen molar-refractivity contribution in [1.29, 1.82) is 0 Å². The van der Waals surface area contributed by atoms with Gasteiger partial charge in [0, 0.05) is 19.1 Å². The zero-order valence-electron chi connectivity index (χ0n) is 9.02. The van der Waals surface area contributed by atoms with Crippen LogP contribution in [0.25, 0.3) is 0 Å². The van der Waals surface area contributed by atoms with Gasteiger partial charge < -0.3 is 10.1 Å². The molecule has 76 valence electrons. The third-order valence-corrected chi connectivity index (χ3v) is 1.81. The van der Waals surface area contributed by atoms with E-state index < -0.39 is 0 Å². The molecule has 0 bridgehead atoms. The number of rotatable bonds is 7. The van der Waals surface area contributed by atoms with Gasteiger partial charge in [0.05, 0.1) is 6.61 Å². The molecule has 0 fully saturated rings. The van der Waals surface area contributed by atoms with E-state index >= 15 is 0 Å². The minimum Gasteiger partial charge on any atom is -0.380 e. The fourth-order valence-corrected chi connectivity index (χ4v) is 1.16. The summed E-state index contributed by atoms with van der Waals surface area (Å²) in [5, 5.41) is 3.38. The molecular weight excluding hydrogens is 162 g/mol. The van der Waals surface area contributed by atoms with Crippen molar-refractivity contribution in [3.8, 4) is 11.8 Å². The molecule has 2 heteroatoms. The first-order valence-corrected chi connectivity index (χ1v) is 5.05. The molecule has 0 aromatic heterocycles. The van der Waals surface area contributed by atoms with Crippen molar-refractivity contribution < 1.29 is 4.74 Å². The second-order valence-electron chi connectivity index (χ2n) is 2.88. The summed E-state index contributed by atoms with van der Waals surface area (Å²) in [6, 6.07) is 0.464. The number of hydrogen-bond acceptors (Lipinski definition) is 2. The van der Waals surface area contributed by atoms with Crippen LogP contribution >= 0.6 is 0 Å². The average Bonchev–Trinajstić information content (AvgIpc) is 2.14. The summed E-state index contributed by atoms with van der Waals surface area (Å²) >= 11 is 0. The normalized spacial score (nSPS) is 11.9. The molecule has 1 unspecified atom stereocenters. The first-order chi connectivity index (χ1) is 6.35. The second kappa shape index (κ2) is 9.57. The Morgan fingerprint density at radius 1 is 1.38 bits per heavy atom. The monoisotopic (exact) mass is 183 g/mol. The summed E-state index contributed by atoms with van der Waals surface area (Å²) in [4.78, 5) is 0. The highest BCUT2D eigenvalue weighted by atomic mass is 16.5. The number of likely N-dealkylation sites (N-methyl/N-ethyl adjacent to an activating group) is 1. The second-order valence-corrected chi connectivity index (χ2v) is 2.88. The number of ether oxygens (including phenoxy) is 1. The fraction of sp³-hybridized carbons (Fsp3) is 0.818. The minimum atomic E-state index is 0.464. The summed E-state index contributed by atoms with van der Waals surface area (Å²) in [5.74, 6) is 5.97. The first kappa shape index (κ1) is 12.5. The van der Waals surface area contributed by atoms with Crippen LogP contribution in [0.5, 0.6) is 0 Å². The number of nitrogens with one attached hydrogen (secondary N) is 1. The van der Waals surface area contributed by atoms with E-state index in [0.717, 1.165) is 32.6 Å². The maximum absolute atomic E-state index is 5.37. The third kappa shape index (κ3) is 7.83. The van der Waals surface area contributed by atoms with E-state index in [0.29, 0.717) is 6.04 Å². The minimum absolute atomic E-state index is 0.464. The Hall–Kier alpha value is -0.520. The van der Waals surface area contributed by atoms with Crippen LogP contribution < -0.4 is 5.32 Å². The quantitative estimate of drug-likeness (QED) is 0.608. The van der Waals surface area contributed by atoms with E-state index in [1.54, 1.807) is 0 Å². The van der Waals surface area contributed by atoms with Gasteiger partial charge in [-0.2, -0.15) is 0 Å². The van der Waals surface area contributed by atoms with E-state index in [1.165, 1.54) is 0 Å². The number of hydrogen-bond donors (Lipinski definition) is 1. The molecule has 0 radical (unpaired) electrons. The summed E-state index contributed by atoms with van der Waals surface area (Å²) in [7, 11) is 0. The van der Waals surface area contributed by atoms with Crippen LogP contribution in [0.3, 0.4) is 0 Å². The van der Waals surface area contributed by atoms with Gasteiger partial charge in [0.1, 0.15) is 0 Å². The third-order valence-electron chi connectivity index (χ3n) is 1.81. The highest BCUT2D eigenvalue weighted by Crippen LogP contribution is 1.97. The maximum atomic E-state index is 5.37. The topological polar surface area (TPSA) is 21.3 Å². The Labute approximate surface area is 82.1 Å². The summed E-state index contributed by atoms with van der Waals surface area (Å²) < 4.78 is 5.37. The lowest BCUT2D eigenvalue weighted by Crippen LogP contribution is -2.33. The van der Waals surface area contributed by atoms with E-state index in [9.17, 15) is 0 Å². The highest BCUT2D eigenvalue weighted by Gasteiger charge is 2.04. The van der Waals surface area contributed by atoms with Gasteiger partial charge >= 0.3 is 0 Å². The van der Waals surface area contributed by atoms with E-state index in [-0.39, 0.29) is 0 Å². The molecule has 2 nitrogen and oxygen atoms in total. The molecule has 0 aliphatic rings. The van der Waals surface area contributed by atoms with Crippen LogP contribution in [-0.4, -0.2) is 25.8 Å². The van der Waals surface area contributed by atoms with Gasteiger partial charge in [0.25, 0.3) is 0 Å². The van der Waals surface area contributed by atoms with Crippen LogP contribution in [0, 0.1) is 11.8 Å². The maximum Gasteiger partial charge on any atom is 0.0619 e. The molecule has 0 saturated carbocycles. The smallest absolute Gasteiger partial charge is 0.0619 e. The van der Waals surface area contributed by atoms with Gasteiger partial charge in [-0.1, -0.05) is 6.92 Å². The van der Waals surface area contributed by atoms with Gasteiger partial charge in [-0.3, -0.25) is 0 Å². The molecule has 1 N–H and O–H groups in total. The largest absolute Gasteiger partial charge is 0.380 e. The predicted octanol–water partition coefficient (Wildman–Crippen LogP) is 1.80. The summed E-state index contributed by atoms with van der Waals surface area (Å²) in [6.07, 6.45) is 2.04. The molecule has 0 rings (SSSR count). The first-order valence-electron chi connectivity index (χ1n) is 5.05. The molecule has 0 saturated heterocycles. The van der Waals surface area contributed by atoms with Gasteiger partial charge in [-0.15, -0.1) is 11.8 Å². The SMILES string of the molecule is CC#CCCC(COCC)NCC. The molecule has 0 aliphatic heterocycles. The molecule has 0 heterocycles. The van der Waals surface area contributed by atoms with Crippen molar-refractivity contribution in [2.45, 2.75) is 39.7 Å². The molecule has 13 heavy (non-hydrogen) atoms. The van der Waals surface area contributed by atoms with Crippen LogP contribution in [0.15, 0.2) is 0 Å². The molecule has 0 aromatic carbocycles. The lowest BCUT2D eigenvalue weighted by Gasteiger charge is -2.15. The molecule has 0 amide bonds. The Morgan fingerprint density at radius 2 is 2.15 bits per heavy atom. The average molecular weight is 183 g/mol. The Balaban J connectivity index is 3.57. The van der Waals surface area contributed by atoms with E-state index in [1.807, 2.05) is 13.8 Å². The van der Waals surface area contributed by atoms with Crippen LogP contribution in [0.4, 0.5) is 0 Å². The lowest BCUT2D eigenvalue weighted by molar-refractivity contribution is 0.121. The van der Waals surface area contributed by atoms with Gasteiger partial charge in [-0.05, 0) is 26.8 Å². The van der Waals surface area contributed by atoms with Crippen molar-refractivity contribution in [1.82, 2.24) is 5.32 Å². The van der Waals surface area contributed by atoms with Crippen LogP contribution in [0.1, 0.15) is 33.6 Å². The zero-order valence-corrected chi connectivity index (χ0v) is 9.02. The van der Waals surface area contributed by atoms with Gasteiger partial charge in [0.15, 0.2) is 0 Å². The van der Waals surface area contributed by atoms with Crippen molar-refractivity contribution >= 4 is 0 Å². The summed E-state index contributed by atoms with van der Waals surface area (Å²) in [6.45, 7) is 8.61. The van der Waals surface area contributed by atoms with Crippen molar-refractivity contribution in [3.05, 3.63) is 0 Å². The predicted molar refractivity (Wildman–Crippen MR) is 56.6 cm³/mol. The van der Waals surface area contributed by atoms with E-state index in [4.69, 9.17) is 4.74 Å². The summed E-state index contributed by atoms with van der Waals surface area (Å²) in [5.41, 5.74) is 0. The fourth-order valence-electron chi connectivity index (χ4n) is 1.16. The lowest BCUT2D eigenvalue weighted by atomic mass is 10.1. The van der Waals surface area contributed by atoms with Gasteiger partial charge in [0.2, 0.25) is 0 Å². The van der Waals surface area contributed by atoms with Gasteiger partial charge in [-0.25, -0.2) is 0 Å². The molecule has 1 atom stereocenters. The Morgan fingerprint density at radius 3 is 2.69 bits per heavy atom.